The number of nitrogens with zero attached hydrogens (tertiary/aromatic N) is 5. The SMILES string of the molecule is CC(C)(C)OC(=O)N1CCN(C2c3ccc(Cl)cc3C(C(=O)c3c[n]([Tl])cn3)=Cc3cccnc32)CC1. The van der Waals surface area contributed by atoms with Gasteiger partial charge in [-0.2, -0.15) is 0 Å². The van der Waals surface area contributed by atoms with Gasteiger partial charge < -0.3 is 4.74 Å². The molecule has 1 unspecified atom stereocenters. The summed E-state index contributed by atoms with van der Waals surface area (Å²) in [7, 11) is 0. The standard InChI is InChI=1S/C27H28ClN5O3.Tl/c1-27(2,3)36-26(35)33-11-9-32(10-12-33)24-19-7-6-18(28)14-20(19)21(25(34)22-15-29-16-31-22)13-17-5-4-8-30-23(17)24;/h4-8,13-16,24H,9-12H2,1-3H3,(H,29,31,34);/q;+1/p-1. The molecule has 1 aromatic carbocycles. The number of rotatable bonds is 3. The molecule has 5 rings (SSSR count). The zero-order valence-corrected chi connectivity index (χ0v) is 26.3. The Morgan fingerprint density at radius 3 is 2.54 bits per heavy atom. The second-order valence-corrected chi connectivity index (χ2v) is 13.0. The fraction of sp³-hybridized carbons (Fsp3) is 0.333. The van der Waals surface area contributed by atoms with Gasteiger partial charge in [-0.1, -0.05) is 0 Å². The number of benzene rings is 1. The molecule has 188 valence electrons. The van der Waals surface area contributed by atoms with E-state index in [0.717, 1.165) is 22.4 Å². The Bertz CT molecular complexity index is 1390. The zero-order chi connectivity index (χ0) is 26.3. The van der Waals surface area contributed by atoms with Gasteiger partial charge in [0.05, 0.1) is 0 Å². The molecule has 1 atom stereocenters. The van der Waals surface area contributed by atoms with Crippen LogP contribution >= 0.6 is 11.6 Å². The monoisotopic (exact) mass is 709 g/mol. The molecule has 1 aliphatic carbocycles. The van der Waals surface area contributed by atoms with Crippen LogP contribution < -0.4 is 0 Å². The van der Waals surface area contributed by atoms with Crippen LogP contribution in [0, 0.1) is 0 Å². The second kappa shape index (κ2) is 10.3. The van der Waals surface area contributed by atoms with Crippen LogP contribution in [0.5, 0.6) is 0 Å². The van der Waals surface area contributed by atoms with Gasteiger partial charge >= 0.3 is 203 Å². The van der Waals surface area contributed by atoms with E-state index in [4.69, 9.17) is 21.3 Å². The van der Waals surface area contributed by atoms with Gasteiger partial charge in [0.15, 0.2) is 0 Å². The molecule has 8 nitrogen and oxygen atoms in total. The fourth-order valence-corrected chi connectivity index (χ4v) is 5.78. The third-order valence-electron chi connectivity index (χ3n) is 6.44. The van der Waals surface area contributed by atoms with Crippen LogP contribution in [-0.4, -0.2) is 91.9 Å². The Morgan fingerprint density at radius 1 is 1.11 bits per heavy atom. The van der Waals surface area contributed by atoms with E-state index in [1.807, 2.05) is 59.6 Å². The molecule has 1 amide bonds. The second-order valence-electron chi connectivity index (χ2n) is 10.2. The molecule has 0 radical (unpaired) electrons. The van der Waals surface area contributed by atoms with E-state index >= 15 is 0 Å². The average molecular weight is 709 g/mol. The van der Waals surface area contributed by atoms with Crippen molar-refractivity contribution in [2.24, 2.45) is 0 Å². The van der Waals surface area contributed by atoms with Crippen molar-refractivity contribution >= 4 is 61.2 Å². The van der Waals surface area contributed by atoms with Crippen molar-refractivity contribution in [1.29, 1.82) is 0 Å². The molecular formula is C27H27ClN5O3Tl. The van der Waals surface area contributed by atoms with E-state index in [9.17, 15) is 9.59 Å². The Morgan fingerprint density at radius 2 is 1.86 bits per heavy atom. The quantitative estimate of drug-likeness (QED) is 0.299. The van der Waals surface area contributed by atoms with Gasteiger partial charge in [-0.05, 0) is 20.8 Å². The van der Waals surface area contributed by atoms with E-state index < -0.39 is 5.60 Å². The van der Waals surface area contributed by atoms with Gasteiger partial charge in [-0.25, -0.2) is 4.79 Å². The molecule has 0 N–H and O–H groups in total. The summed E-state index contributed by atoms with van der Waals surface area (Å²) in [5, 5.41) is 0.555. The molecule has 0 saturated carbocycles. The third kappa shape index (κ3) is 5.51. The number of pyridine rings is 1. The minimum atomic E-state index is -0.540. The van der Waals surface area contributed by atoms with E-state index in [-0.39, 0.29) is 17.9 Å². The summed E-state index contributed by atoms with van der Waals surface area (Å²) in [5.74, 6) is -0.145. The summed E-state index contributed by atoms with van der Waals surface area (Å²) < 4.78 is 7.50. The first kappa shape index (κ1) is 26.1. The van der Waals surface area contributed by atoms with Gasteiger partial charge in [-0.15, -0.1) is 0 Å². The fourth-order valence-electron chi connectivity index (χ4n) is 4.80. The van der Waals surface area contributed by atoms with Crippen molar-refractivity contribution in [2.45, 2.75) is 32.4 Å². The van der Waals surface area contributed by atoms with E-state index in [2.05, 4.69) is 9.88 Å². The molecule has 1 fully saturated rings. The number of carbonyl (C=O) groups is 2. The summed E-state index contributed by atoms with van der Waals surface area (Å²) in [6.45, 7) is 7.96. The van der Waals surface area contributed by atoms with Crippen LogP contribution in [0.15, 0.2) is 49.1 Å². The van der Waals surface area contributed by atoms with Gasteiger partial charge in [0.25, 0.3) is 0 Å². The summed E-state index contributed by atoms with van der Waals surface area (Å²) in [5.41, 5.74) is 3.90. The van der Waals surface area contributed by atoms with Crippen molar-refractivity contribution in [3.63, 3.8) is 0 Å². The Balaban J connectivity index is 1.53. The van der Waals surface area contributed by atoms with Crippen LogP contribution in [0.1, 0.15) is 59.7 Å². The van der Waals surface area contributed by atoms with Crippen molar-refractivity contribution in [3.8, 4) is 0 Å². The summed E-state index contributed by atoms with van der Waals surface area (Å²) in [6.07, 6.45) is 6.87. The molecule has 2 aromatic heterocycles. The number of piperazine rings is 1. The predicted molar refractivity (Wildman–Crippen MR) is 142 cm³/mol. The molecule has 1 aliphatic heterocycles. The Kier molecular flexibility index (Phi) is 7.25. The first-order valence-corrected chi connectivity index (χ1v) is 14.5. The topological polar surface area (TPSA) is 80.6 Å². The van der Waals surface area contributed by atoms with Crippen molar-refractivity contribution in [3.05, 3.63) is 82.2 Å². The molecule has 1 saturated heterocycles. The number of halogens is 1. The van der Waals surface area contributed by atoms with E-state index in [1.54, 1.807) is 23.6 Å². The van der Waals surface area contributed by atoms with Crippen molar-refractivity contribution in [2.75, 3.05) is 26.2 Å². The van der Waals surface area contributed by atoms with Gasteiger partial charge in [0, 0.05) is 0 Å². The summed E-state index contributed by atoms with van der Waals surface area (Å²) >= 11 is 6.99. The number of amides is 1. The molecule has 0 bridgehead atoms. The number of aromatic nitrogens is 3. The number of imidazole rings is 1. The van der Waals surface area contributed by atoms with Crippen LogP contribution in [-0.2, 0) is 4.74 Å². The number of ether oxygens (including phenoxy) is 1. The Labute approximate surface area is 237 Å². The maximum atomic E-state index is 13.7. The summed E-state index contributed by atoms with van der Waals surface area (Å²) in [6, 6.07) is 9.36. The normalized spacial score (nSPS) is 17.9. The van der Waals surface area contributed by atoms with Crippen LogP contribution in [0.25, 0.3) is 11.6 Å². The number of fused-ring (bicyclic) bond motifs is 2. The number of Topliss-reactive ketones (excluding diaryl/α,β-unsaturated/α-hetero) is 1. The number of allylic oxidation sites excluding steroid dienone is 1. The van der Waals surface area contributed by atoms with Crippen LogP contribution in [0.2, 0.25) is 5.02 Å². The average Bonchev–Trinajstić information content (AvgIpc) is 3.23. The van der Waals surface area contributed by atoms with E-state index in [0.29, 0.717) is 68.5 Å². The molecule has 10 heteroatoms. The molecule has 2 aliphatic rings. The summed E-state index contributed by atoms with van der Waals surface area (Å²) in [4.78, 5) is 39.5. The van der Waals surface area contributed by atoms with Gasteiger partial charge in [-0.3, -0.25) is 0 Å². The van der Waals surface area contributed by atoms with Gasteiger partial charge in [0.1, 0.15) is 5.60 Å². The number of hydrogen-bond acceptors (Lipinski definition) is 6. The number of ketones is 1. The zero-order valence-electron chi connectivity index (χ0n) is 21.0. The predicted octanol–water partition coefficient (Wildman–Crippen LogP) is 4.24. The van der Waals surface area contributed by atoms with Crippen molar-refractivity contribution < 1.29 is 14.3 Å². The molecule has 3 heterocycles. The minimum absolute atomic E-state index is 0.145. The van der Waals surface area contributed by atoms with Crippen molar-refractivity contribution in [1.82, 2.24) is 22.1 Å². The molecular weight excluding hydrogens is 682 g/mol. The Hall–Kier alpha value is -2.57. The first-order valence-electron chi connectivity index (χ1n) is 12.1. The molecule has 37 heavy (non-hydrogen) atoms. The number of carbonyl (C=O) groups excluding carboxylic acids is 2. The van der Waals surface area contributed by atoms with Crippen LogP contribution in [0.3, 0.4) is 0 Å². The van der Waals surface area contributed by atoms with Crippen LogP contribution in [0.4, 0.5) is 4.79 Å². The third-order valence-corrected chi connectivity index (χ3v) is 7.77. The van der Waals surface area contributed by atoms with E-state index in [1.165, 1.54) is 0 Å². The molecule has 3 aromatic rings. The molecule has 0 spiro atoms. The number of hydrogen-bond donors (Lipinski definition) is 0. The maximum absolute atomic E-state index is 13.7. The first-order chi connectivity index (χ1) is 17.6. The van der Waals surface area contributed by atoms with Gasteiger partial charge in [0.2, 0.25) is 0 Å².